The number of hydrogen-bond acceptors (Lipinski definition) is 4. The number of amides is 1. The van der Waals surface area contributed by atoms with Gasteiger partial charge in [0, 0.05) is 37.1 Å². The second kappa shape index (κ2) is 6.89. The van der Waals surface area contributed by atoms with E-state index in [-0.39, 0.29) is 5.91 Å². The summed E-state index contributed by atoms with van der Waals surface area (Å²) in [7, 11) is 0. The normalized spacial score (nSPS) is 17.0. The zero-order valence-electron chi connectivity index (χ0n) is 13.8. The van der Waals surface area contributed by atoms with Crippen molar-refractivity contribution >= 4 is 5.91 Å². The quantitative estimate of drug-likeness (QED) is 0.734. The largest absolute Gasteiger partial charge is 0.355 e. The van der Waals surface area contributed by atoms with E-state index in [0.29, 0.717) is 17.4 Å². The lowest BCUT2D eigenvalue weighted by Crippen LogP contribution is -2.29. The molecular weight excluding hydrogens is 314 g/mol. The van der Waals surface area contributed by atoms with Crippen LogP contribution in [0.15, 0.2) is 65.4 Å². The molecule has 2 aromatic heterocycles. The van der Waals surface area contributed by atoms with Crippen LogP contribution >= 0.6 is 0 Å². The first-order valence-electron chi connectivity index (χ1n) is 8.50. The summed E-state index contributed by atoms with van der Waals surface area (Å²) < 4.78 is 5.33. The van der Waals surface area contributed by atoms with Crippen LogP contribution in [0.2, 0.25) is 0 Å². The van der Waals surface area contributed by atoms with E-state index in [9.17, 15) is 4.79 Å². The van der Waals surface area contributed by atoms with Gasteiger partial charge in [-0.05, 0) is 36.5 Å². The average Bonchev–Trinajstić information content (AvgIpc) is 3.33. The number of nitrogens with zero attached hydrogens (tertiary/aromatic N) is 3. The lowest BCUT2D eigenvalue weighted by molar-refractivity contribution is 0.0777. The van der Waals surface area contributed by atoms with Gasteiger partial charge in [0.2, 0.25) is 0 Å². The van der Waals surface area contributed by atoms with E-state index < -0.39 is 0 Å². The van der Waals surface area contributed by atoms with Crippen molar-refractivity contribution in [2.75, 3.05) is 13.1 Å². The minimum absolute atomic E-state index is 0.0559. The van der Waals surface area contributed by atoms with E-state index in [1.807, 2.05) is 23.1 Å². The minimum atomic E-state index is -0.0559. The number of carbonyl (C=O) groups excluding carboxylic acids is 1. The fourth-order valence-electron chi connectivity index (χ4n) is 3.32. The summed E-state index contributed by atoms with van der Waals surface area (Å²) in [5, 5.41) is 3.96. The Kier molecular flexibility index (Phi) is 4.29. The molecule has 5 heteroatoms. The number of benzene rings is 1. The molecule has 0 aliphatic carbocycles. The van der Waals surface area contributed by atoms with Gasteiger partial charge < -0.3 is 9.42 Å². The van der Waals surface area contributed by atoms with Gasteiger partial charge in [-0.2, -0.15) is 0 Å². The summed E-state index contributed by atoms with van der Waals surface area (Å²) >= 11 is 0. The standard InChI is InChI=1S/C20H19N3O2/c24-20(18-13-19(25-22-18)17-6-9-21-10-7-17)23-11-8-16(14-23)12-15-4-2-1-3-5-15/h1-7,9-10,13,16H,8,11-12,14H2. The molecule has 126 valence electrons. The molecule has 0 N–H and O–H groups in total. The highest BCUT2D eigenvalue weighted by molar-refractivity contribution is 5.93. The van der Waals surface area contributed by atoms with Crippen LogP contribution in [0.3, 0.4) is 0 Å². The molecule has 5 nitrogen and oxygen atoms in total. The van der Waals surface area contributed by atoms with Gasteiger partial charge in [-0.25, -0.2) is 0 Å². The molecule has 0 radical (unpaired) electrons. The molecule has 1 fully saturated rings. The van der Waals surface area contributed by atoms with Crippen molar-refractivity contribution < 1.29 is 9.32 Å². The molecule has 1 amide bonds. The van der Waals surface area contributed by atoms with E-state index in [1.54, 1.807) is 18.5 Å². The number of carbonyl (C=O) groups is 1. The Hall–Kier alpha value is -2.95. The Balaban J connectivity index is 1.41. The van der Waals surface area contributed by atoms with Gasteiger partial charge in [-0.15, -0.1) is 0 Å². The third-order valence-electron chi connectivity index (χ3n) is 4.63. The number of aromatic nitrogens is 2. The average molecular weight is 333 g/mol. The van der Waals surface area contributed by atoms with Gasteiger partial charge >= 0.3 is 0 Å². The lowest BCUT2D eigenvalue weighted by Gasteiger charge is -2.14. The van der Waals surface area contributed by atoms with Crippen LogP contribution in [0.1, 0.15) is 22.5 Å². The first-order chi connectivity index (χ1) is 12.3. The summed E-state index contributed by atoms with van der Waals surface area (Å²) in [4.78, 5) is 18.5. The predicted molar refractivity (Wildman–Crippen MR) is 93.9 cm³/mol. The maximum Gasteiger partial charge on any atom is 0.276 e. The third-order valence-corrected chi connectivity index (χ3v) is 4.63. The molecule has 0 bridgehead atoms. The predicted octanol–water partition coefficient (Wildman–Crippen LogP) is 3.44. The molecule has 1 aliphatic heterocycles. The molecule has 3 heterocycles. The molecule has 1 aliphatic rings. The van der Waals surface area contributed by atoms with Crippen LogP contribution in [0, 0.1) is 5.92 Å². The van der Waals surface area contributed by atoms with Crippen LogP contribution < -0.4 is 0 Å². The highest BCUT2D eigenvalue weighted by Crippen LogP contribution is 2.24. The Bertz CT molecular complexity index is 846. The first-order valence-corrected chi connectivity index (χ1v) is 8.50. The number of rotatable bonds is 4. The number of pyridine rings is 1. The van der Waals surface area contributed by atoms with E-state index in [1.165, 1.54) is 5.56 Å². The molecule has 4 rings (SSSR count). The van der Waals surface area contributed by atoms with Crippen molar-refractivity contribution in [2.45, 2.75) is 12.8 Å². The Labute approximate surface area is 146 Å². The van der Waals surface area contributed by atoms with Gasteiger partial charge in [-0.1, -0.05) is 35.5 Å². The fourth-order valence-corrected chi connectivity index (χ4v) is 3.32. The van der Waals surface area contributed by atoms with Crippen LogP contribution in [-0.4, -0.2) is 34.0 Å². The van der Waals surface area contributed by atoms with Gasteiger partial charge in [-0.3, -0.25) is 9.78 Å². The van der Waals surface area contributed by atoms with Crippen molar-refractivity contribution in [1.82, 2.24) is 15.0 Å². The van der Waals surface area contributed by atoms with Crippen LogP contribution in [0.25, 0.3) is 11.3 Å². The second-order valence-corrected chi connectivity index (χ2v) is 6.41. The van der Waals surface area contributed by atoms with Gasteiger partial charge in [0.1, 0.15) is 0 Å². The van der Waals surface area contributed by atoms with Crippen molar-refractivity contribution in [3.05, 3.63) is 72.2 Å². The zero-order valence-corrected chi connectivity index (χ0v) is 13.8. The topological polar surface area (TPSA) is 59.2 Å². The van der Waals surface area contributed by atoms with Crippen molar-refractivity contribution in [1.29, 1.82) is 0 Å². The van der Waals surface area contributed by atoms with Crippen molar-refractivity contribution in [2.24, 2.45) is 5.92 Å². The van der Waals surface area contributed by atoms with E-state index >= 15 is 0 Å². The molecule has 1 unspecified atom stereocenters. The van der Waals surface area contributed by atoms with Gasteiger partial charge in [0.25, 0.3) is 5.91 Å². The van der Waals surface area contributed by atoms with Crippen LogP contribution in [0.4, 0.5) is 0 Å². The zero-order chi connectivity index (χ0) is 17.1. The molecule has 3 aromatic rings. The highest BCUT2D eigenvalue weighted by Gasteiger charge is 2.28. The SMILES string of the molecule is O=C(c1cc(-c2ccncc2)on1)N1CCC(Cc2ccccc2)C1. The minimum Gasteiger partial charge on any atom is -0.355 e. The molecule has 1 atom stereocenters. The Morgan fingerprint density at radius 1 is 1.16 bits per heavy atom. The number of hydrogen-bond donors (Lipinski definition) is 0. The summed E-state index contributed by atoms with van der Waals surface area (Å²) in [6, 6.07) is 15.8. The van der Waals surface area contributed by atoms with E-state index in [2.05, 4.69) is 34.4 Å². The maximum absolute atomic E-state index is 12.7. The molecule has 1 aromatic carbocycles. The smallest absolute Gasteiger partial charge is 0.276 e. The number of likely N-dealkylation sites (tertiary alicyclic amines) is 1. The molecule has 25 heavy (non-hydrogen) atoms. The summed E-state index contributed by atoms with van der Waals surface area (Å²) in [5.41, 5.74) is 2.56. The van der Waals surface area contributed by atoms with Crippen molar-refractivity contribution in [3.63, 3.8) is 0 Å². The molecule has 0 spiro atoms. The van der Waals surface area contributed by atoms with E-state index in [0.717, 1.165) is 31.5 Å². The van der Waals surface area contributed by atoms with Crippen LogP contribution in [0.5, 0.6) is 0 Å². The van der Waals surface area contributed by atoms with E-state index in [4.69, 9.17) is 4.52 Å². The molecule has 0 saturated carbocycles. The lowest BCUT2D eigenvalue weighted by atomic mass is 9.99. The summed E-state index contributed by atoms with van der Waals surface area (Å²) in [6.07, 6.45) is 5.41. The molecule has 1 saturated heterocycles. The fraction of sp³-hybridized carbons (Fsp3) is 0.250. The monoisotopic (exact) mass is 333 g/mol. The first kappa shape index (κ1) is 15.6. The maximum atomic E-state index is 12.7. The second-order valence-electron chi connectivity index (χ2n) is 6.41. The summed E-state index contributed by atoms with van der Waals surface area (Å²) in [6.45, 7) is 1.54. The summed E-state index contributed by atoms with van der Waals surface area (Å²) in [5.74, 6) is 1.03. The Morgan fingerprint density at radius 3 is 2.76 bits per heavy atom. The Morgan fingerprint density at radius 2 is 1.96 bits per heavy atom. The van der Waals surface area contributed by atoms with Crippen molar-refractivity contribution in [3.8, 4) is 11.3 Å². The van der Waals surface area contributed by atoms with Gasteiger partial charge in [0.05, 0.1) is 0 Å². The highest BCUT2D eigenvalue weighted by atomic mass is 16.5. The molecular formula is C20H19N3O2. The van der Waals surface area contributed by atoms with Gasteiger partial charge in [0.15, 0.2) is 11.5 Å². The van der Waals surface area contributed by atoms with Crippen LogP contribution in [-0.2, 0) is 6.42 Å². The third kappa shape index (κ3) is 3.45.